The van der Waals surface area contributed by atoms with Crippen molar-refractivity contribution in [3.05, 3.63) is 85.5 Å². The van der Waals surface area contributed by atoms with E-state index < -0.39 is 32.9 Å². The highest BCUT2D eigenvalue weighted by Crippen LogP contribution is 2.36. The number of ether oxygens (including phenoxy) is 4. The van der Waals surface area contributed by atoms with Crippen LogP contribution in [0.4, 0.5) is 9.59 Å². The minimum atomic E-state index is -1.13. The Labute approximate surface area is 425 Å². The molecule has 0 atom stereocenters. The predicted octanol–water partition coefficient (Wildman–Crippen LogP) is 10.5. The molecule has 2 aliphatic rings. The van der Waals surface area contributed by atoms with E-state index in [1.807, 2.05) is 112 Å². The lowest BCUT2D eigenvalue weighted by molar-refractivity contribution is -0.0314. The van der Waals surface area contributed by atoms with Crippen LogP contribution < -0.4 is 0 Å². The van der Waals surface area contributed by atoms with E-state index in [1.165, 1.54) is 12.1 Å². The summed E-state index contributed by atoms with van der Waals surface area (Å²) in [5, 5.41) is 31.5. The molecular weight excluding hydrogens is 945 g/mol. The molecule has 18 nitrogen and oxygen atoms in total. The number of nitrogens with zero attached hydrogens (tertiary/aromatic N) is 11. The average Bonchev–Trinajstić information content (AvgIpc) is 4.10. The molecule has 2 amide bonds. The maximum Gasteiger partial charge on any atom is 0.410 e. The highest BCUT2D eigenvalue weighted by Gasteiger charge is 2.49. The van der Waals surface area contributed by atoms with Crippen molar-refractivity contribution in [3.63, 3.8) is 0 Å². The number of allylic oxidation sites excluding steroid dienone is 1. The minimum Gasteiger partial charge on any atom is -0.444 e. The quantitative estimate of drug-likeness (QED) is 0.0614. The molecule has 20 heteroatoms. The van der Waals surface area contributed by atoms with Crippen LogP contribution in [0, 0.1) is 22.7 Å². The summed E-state index contributed by atoms with van der Waals surface area (Å²) in [4.78, 5) is 36.1. The van der Waals surface area contributed by atoms with Gasteiger partial charge in [0.25, 0.3) is 0 Å². The number of hydrogen-bond acceptors (Lipinski definition) is 12. The van der Waals surface area contributed by atoms with Crippen molar-refractivity contribution in [2.24, 2.45) is 0 Å². The number of hydrogen-bond donors (Lipinski definition) is 1. The van der Waals surface area contributed by atoms with Crippen molar-refractivity contribution in [2.45, 2.75) is 130 Å². The van der Waals surface area contributed by atoms with Gasteiger partial charge in [-0.3, -0.25) is 9.78 Å². The fourth-order valence-electron chi connectivity index (χ4n) is 7.78. The summed E-state index contributed by atoms with van der Waals surface area (Å²) >= 11 is 0. The number of nitriles is 2. The molecule has 8 heterocycles. The van der Waals surface area contributed by atoms with Gasteiger partial charge in [-0.25, -0.2) is 19.6 Å². The normalized spacial score (nSPS) is 14.5. The lowest BCUT2D eigenvalue weighted by atomic mass is 9.87. The third-order valence-corrected chi connectivity index (χ3v) is 15.1. The molecular formula is C52H72N12O6Si2. The molecule has 0 spiro atoms. The van der Waals surface area contributed by atoms with Gasteiger partial charge in [-0.05, 0) is 94.6 Å². The van der Waals surface area contributed by atoms with Crippen molar-refractivity contribution in [1.29, 1.82) is 10.5 Å². The number of rotatable bonds is 14. The van der Waals surface area contributed by atoms with E-state index in [9.17, 15) is 14.9 Å². The van der Waals surface area contributed by atoms with Crippen molar-refractivity contribution in [1.82, 2.24) is 48.9 Å². The first-order chi connectivity index (χ1) is 33.9. The molecule has 0 radical (unpaired) electrons. The zero-order chi connectivity index (χ0) is 52.5. The van der Waals surface area contributed by atoms with Crippen LogP contribution in [0.5, 0.6) is 0 Å². The topological polar surface area (TPSA) is 207 Å². The van der Waals surface area contributed by atoms with Gasteiger partial charge in [0, 0.05) is 108 Å². The molecule has 2 aliphatic heterocycles. The third-order valence-electron chi connectivity index (χ3n) is 11.7. The van der Waals surface area contributed by atoms with Gasteiger partial charge in [0.15, 0.2) is 0 Å². The molecule has 6 aromatic rings. The molecule has 0 bridgehead atoms. The largest absolute Gasteiger partial charge is 0.444 e. The Bertz CT molecular complexity index is 2890. The van der Waals surface area contributed by atoms with Crippen molar-refractivity contribution in [3.8, 4) is 34.4 Å². The molecule has 0 unspecified atom stereocenters. The SMILES string of the molecule is CC(C)(C)OC(=O)N1CC(=CC#N)C1.CC(C)(C)OC(=O)N1CC(CC#N)(n2cc(-c3ccnc4c3ccn4COCC[Si](C)(C)C)cn2)C1.C[Si](C)(C)CCOCn1ccc2c(-c3cn[nH]c3)ccnc21. The molecule has 0 saturated carbocycles. The van der Waals surface area contributed by atoms with Crippen LogP contribution in [0.15, 0.2) is 85.5 Å². The number of likely N-dealkylation sites (tertiary alicyclic amines) is 2. The standard InChI is InChI=1S/C26H36N6O3Si.C16H22N4OSi.C10H14N2O2/c1-25(2,3)35-24(33)31-17-26(18-31,9-10-27)32-16-20(15-29-32)21-7-11-28-23-22(21)8-12-30(23)19-34-13-14-36(4,5)6;1-22(2,3)9-8-21-12-20-7-5-15-14(4-6-17-16(15)20)13-10-18-19-11-13;1-10(2,3)14-9(13)12-6-8(7-12)4-5-11/h7-8,11-12,15-16H,9,13-14,17-19H2,1-6H3;4-7,10-11H,8-9,12H2,1-3H3,(H,18,19);4H,6-7H2,1-3H3. The van der Waals surface area contributed by atoms with E-state index in [2.05, 4.69) is 87.3 Å². The Balaban J connectivity index is 0.000000199. The Morgan fingerprint density at radius 1 is 0.750 bits per heavy atom. The number of H-pyrrole nitrogens is 1. The smallest absolute Gasteiger partial charge is 0.410 e. The summed E-state index contributed by atoms with van der Waals surface area (Å²) in [7, 11) is -2.17. The number of aromatic nitrogens is 8. The highest BCUT2D eigenvalue weighted by molar-refractivity contribution is 6.76. The molecule has 8 rings (SSSR count). The van der Waals surface area contributed by atoms with Crippen LogP contribution in [0.1, 0.15) is 48.0 Å². The van der Waals surface area contributed by atoms with Crippen LogP contribution in [0.3, 0.4) is 0 Å². The third kappa shape index (κ3) is 15.0. The number of nitrogens with one attached hydrogen (secondary N) is 1. The van der Waals surface area contributed by atoms with E-state index in [0.29, 0.717) is 39.6 Å². The van der Waals surface area contributed by atoms with Crippen LogP contribution >= 0.6 is 0 Å². The van der Waals surface area contributed by atoms with E-state index >= 15 is 0 Å². The Morgan fingerprint density at radius 2 is 1.26 bits per heavy atom. The second-order valence-corrected chi connectivity index (χ2v) is 34.0. The maximum atomic E-state index is 12.5. The molecule has 2 fully saturated rings. The first-order valence-electron chi connectivity index (χ1n) is 24.4. The zero-order valence-corrected chi connectivity index (χ0v) is 46.2. The molecule has 384 valence electrons. The van der Waals surface area contributed by atoms with Crippen molar-refractivity contribution < 1.29 is 28.5 Å². The number of carbonyl (C=O) groups excluding carboxylic acids is 2. The fraction of sp³-hybridized carbons (Fsp3) is 0.500. The molecule has 0 aromatic carbocycles. The summed E-state index contributed by atoms with van der Waals surface area (Å²) in [5.41, 5.74) is 5.37. The van der Waals surface area contributed by atoms with Crippen LogP contribution in [-0.4, -0.2) is 128 Å². The summed E-state index contributed by atoms with van der Waals surface area (Å²) in [6.45, 7) is 29.5. The van der Waals surface area contributed by atoms with Crippen LogP contribution in [-0.2, 0) is 37.9 Å². The summed E-state index contributed by atoms with van der Waals surface area (Å²) in [6, 6.07) is 14.6. The Morgan fingerprint density at radius 3 is 1.72 bits per heavy atom. The number of amides is 2. The van der Waals surface area contributed by atoms with Gasteiger partial charge in [0.2, 0.25) is 0 Å². The highest BCUT2D eigenvalue weighted by atomic mass is 28.3. The Kier molecular flexibility index (Phi) is 17.4. The number of aromatic amines is 1. The molecule has 72 heavy (non-hydrogen) atoms. The van der Waals surface area contributed by atoms with Crippen LogP contribution in [0.2, 0.25) is 51.4 Å². The van der Waals surface area contributed by atoms with Gasteiger partial charge in [0.05, 0.1) is 44.0 Å². The first-order valence-corrected chi connectivity index (χ1v) is 31.8. The minimum absolute atomic E-state index is 0.254. The van der Waals surface area contributed by atoms with E-state index in [4.69, 9.17) is 24.2 Å². The maximum absolute atomic E-state index is 12.5. The van der Waals surface area contributed by atoms with Crippen molar-refractivity contribution in [2.75, 3.05) is 39.4 Å². The number of pyridine rings is 2. The first kappa shape index (κ1) is 54.7. The average molecular weight is 1020 g/mol. The number of fused-ring (bicyclic) bond motifs is 2. The lowest BCUT2D eigenvalue weighted by Crippen LogP contribution is -2.64. The van der Waals surface area contributed by atoms with E-state index in [0.717, 1.165) is 69.2 Å². The van der Waals surface area contributed by atoms with Gasteiger partial charge in [-0.15, -0.1) is 0 Å². The molecule has 0 aliphatic carbocycles. The monoisotopic (exact) mass is 1020 g/mol. The Hall–Kier alpha value is -6.59. The van der Waals surface area contributed by atoms with Gasteiger partial charge >= 0.3 is 12.2 Å². The summed E-state index contributed by atoms with van der Waals surface area (Å²) in [5.74, 6) is 0. The molecule has 6 aromatic heterocycles. The summed E-state index contributed by atoms with van der Waals surface area (Å²) in [6.07, 6.45) is 16.2. The second-order valence-electron chi connectivity index (χ2n) is 22.8. The van der Waals surface area contributed by atoms with Crippen LogP contribution in [0.25, 0.3) is 44.3 Å². The van der Waals surface area contributed by atoms with Gasteiger partial charge in [0.1, 0.15) is 41.5 Å². The van der Waals surface area contributed by atoms with E-state index in [-0.39, 0.29) is 18.6 Å². The van der Waals surface area contributed by atoms with E-state index in [1.54, 1.807) is 16.0 Å². The van der Waals surface area contributed by atoms with Gasteiger partial charge < -0.3 is 37.9 Å². The van der Waals surface area contributed by atoms with Gasteiger partial charge in [-0.2, -0.15) is 20.7 Å². The second kappa shape index (κ2) is 22.9. The zero-order valence-electron chi connectivity index (χ0n) is 44.2. The fourth-order valence-corrected chi connectivity index (χ4v) is 9.29. The summed E-state index contributed by atoms with van der Waals surface area (Å²) < 4.78 is 28.3. The predicted molar refractivity (Wildman–Crippen MR) is 284 cm³/mol. The van der Waals surface area contributed by atoms with Gasteiger partial charge in [-0.1, -0.05) is 39.3 Å². The molecule has 1 N–H and O–H groups in total. The lowest BCUT2D eigenvalue weighted by Gasteiger charge is -2.48. The van der Waals surface area contributed by atoms with Crippen molar-refractivity contribution >= 4 is 50.4 Å². The number of carbonyl (C=O) groups is 2. The molecule has 2 saturated heterocycles.